The van der Waals surface area contributed by atoms with E-state index in [4.69, 9.17) is 21.1 Å². The van der Waals surface area contributed by atoms with E-state index in [1.165, 1.54) is 7.11 Å². The molecule has 0 aliphatic rings. The Hall–Kier alpha value is -1.88. The Kier molecular flexibility index (Phi) is 4.74. The molecule has 0 aliphatic carbocycles. The highest BCUT2D eigenvalue weighted by Crippen LogP contribution is 2.26. The molecule has 0 atom stereocenters. The van der Waals surface area contributed by atoms with Gasteiger partial charge in [0.1, 0.15) is 6.61 Å². The fourth-order valence-corrected chi connectivity index (χ4v) is 1.85. The van der Waals surface area contributed by atoms with Crippen LogP contribution in [-0.2, 0) is 12.5 Å². The van der Waals surface area contributed by atoms with Crippen molar-refractivity contribution < 1.29 is 18.3 Å². The summed E-state index contributed by atoms with van der Waals surface area (Å²) in [6.07, 6.45) is 1.55. The Morgan fingerprint density at radius 3 is 2.55 bits per heavy atom. The van der Waals surface area contributed by atoms with Gasteiger partial charge < -0.3 is 9.47 Å². The van der Waals surface area contributed by atoms with Crippen LogP contribution in [0.3, 0.4) is 0 Å². The summed E-state index contributed by atoms with van der Waals surface area (Å²) in [6.45, 7) is -0.0505. The Bertz CT molecular complexity index is 584. The largest absolute Gasteiger partial charge is 0.483 e. The van der Waals surface area contributed by atoms with Gasteiger partial charge in [0.05, 0.1) is 12.7 Å². The minimum Gasteiger partial charge on any atom is -0.483 e. The zero-order valence-corrected chi connectivity index (χ0v) is 11.5. The summed E-state index contributed by atoms with van der Waals surface area (Å²) in [4.78, 5) is 3.97. The van der Waals surface area contributed by atoms with Crippen LogP contribution in [0.1, 0.15) is 11.1 Å². The number of pyridine rings is 1. The monoisotopic (exact) mass is 299 g/mol. The van der Waals surface area contributed by atoms with E-state index >= 15 is 0 Å². The molecule has 0 bridgehead atoms. The van der Waals surface area contributed by atoms with Crippen molar-refractivity contribution in [3.63, 3.8) is 0 Å². The van der Waals surface area contributed by atoms with E-state index in [1.54, 1.807) is 18.3 Å². The molecule has 6 heteroatoms. The molecule has 0 spiro atoms. The van der Waals surface area contributed by atoms with Crippen molar-refractivity contribution in [1.29, 1.82) is 0 Å². The summed E-state index contributed by atoms with van der Waals surface area (Å²) in [6, 6.07) is 5.68. The van der Waals surface area contributed by atoms with E-state index in [0.29, 0.717) is 17.0 Å². The lowest BCUT2D eigenvalue weighted by atomic mass is 10.2. The third-order valence-electron chi connectivity index (χ3n) is 2.63. The van der Waals surface area contributed by atoms with Crippen molar-refractivity contribution in [2.24, 2.45) is 0 Å². The van der Waals surface area contributed by atoms with Gasteiger partial charge >= 0.3 is 0 Å². The molecule has 1 heterocycles. The first kappa shape index (κ1) is 14.5. The van der Waals surface area contributed by atoms with Crippen molar-refractivity contribution in [3.8, 4) is 11.6 Å². The quantitative estimate of drug-likeness (QED) is 0.789. The lowest BCUT2D eigenvalue weighted by Crippen LogP contribution is -2.03. The number of hydrogen-bond acceptors (Lipinski definition) is 3. The van der Waals surface area contributed by atoms with Crippen molar-refractivity contribution in [3.05, 3.63) is 53.2 Å². The fraction of sp³-hybridized carbons (Fsp3) is 0.214. The van der Waals surface area contributed by atoms with Gasteiger partial charge in [-0.05, 0) is 29.8 Å². The number of ether oxygens (including phenoxy) is 2. The first-order chi connectivity index (χ1) is 9.65. The van der Waals surface area contributed by atoms with Crippen LogP contribution >= 0.6 is 11.6 Å². The minimum absolute atomic E-state index is 0.0323. The van der Waals surface area contributed by atoms with Crippen LogP contribution in [0.15, 0.2) is 30.5 Å². The zero-order chi connectivity index (χ0) is 14.5. The molecule has 20 heavy (non-hydrogen) atoms. The van der Waals surface area contributed by atoms with Gasteiger partial charge in [0, 0.05) is 12.1 Å². The fourth-order valence-electron chi connectivity index (χ4n) is 1.70. The molecule has 2 rings (SSSR count). The summed E-state index contributed by atoms with van der Waals surface area (Å²) in [5, 5.41) is 0. The van der Waals surface area contributed by atoms with E-state index in [0.717, 1.165) is 12.1 Å². The van der Waals surface area contributed by atoms with Crippen molar-refractivity contribution in [2.75, 3.05) is 7.11 Å². The Morgan fingerprint density at radius 1 is 1.25 bits per heavy atom. The first-order valence-corrected chi connectivity index (χ1v) is 6.33. The molecule has 2 aromatic rings. The standard InChI is InChI=1S/C14H12ClF2NO2/c1-19-14-10(3-2-4-18-14)8-20-13-11(16)5-9(7-15)6-12(13)17/h2-6H,7-8H2,1H3. The highest BCUT2D eigenvalue weighted by Gasteiger charge is 2.14. The Labute approximate surface area is 120 Å². The van der Waals surface area contributed by atoms with Gasteiger partial charge in [-0.3, -0.25) is 0 Å². The van der Waals surface area contributed by atoms with Crippen molar-refractivity contribution in [2.45, 2.75) is 12.5 Å². The van der Waals surface area contributed by atoms with Gasteiger partial charge in [0.15, 0.2) is 17.4 Å². The second kappa shape index (κ2) is 6.52. The van der Waals surface area contributed by atoms with Crippen LogP contribution in [-0.4, -0.2) is 12.1 Å². The third-order valence-corrected chi connectivity index (χ3v) is 2.94. The number of aromatic nitrogens is 1. The van der Waals surface area contributed by atoms with Crippen LogP contribution in [0, 0.1) is 11.6 Å². The molecule has 0 amide bonds. The van der Waals surface area contributed by atoms with Gasteiger partial charge in [0.25, 0.3) is 0 Å². The van der Waals surface area contributed by atoms with Crippen LogP contribution in [0.2, 0.25) is 0 Å². The summed E-state index contributed by atoms with van der Waals surface area (Å²) in [5.41, 5.74) is 0.947. The maximum absolute atomic E-state index is 13.7. The van der Waals surface area contributed by atoms with E-state index in [1.807, 2.05) is 0 Å². The Morgan fingerprint density at radius 2 is 1.95 bits per heavy atom. The van der Waals surface area contributed by atoms with Crippen LogP contribution in [0.4, 0.5) is 8.78 Å². The van der Waals surface area contributed by atoms with Gasteiger partial charge in [0.2, 0.25) is 5.88 Å². The van der Waals surface area contributed by atoms with E-state index in [9.17, 15) is 8.78 Å². The molecule has 0 saturated heterocycles. The zero-order valence-electron chi connectivity index (χ0n) is 10.7. The van der Waals surface area contributed by atoms with Crippen molar-refractivity contribution in [1.82, 2.24) is 4.98 Å². The van der Waals surface area contributed by atoms with E-state index < -0.39 is 17.4 Å². The SMILES string of the molecule is COc1ncccc1COc1c(F)cc(CCl)cc1F. The number of halogens is 3. The topological polar surface area (TPSA) is 31.4 Å². The lowest BCUT2D eigenvalue weighted by molar-refractivity contribution is 0.266. The summed E-state index contributed by atoms with van der Waals surface area (Å²) >= 11 is 5.54. The molecule has 0 saturated carbocycles. The smallest absolute Gasteiger partial charge is 0.219 e. The average Bonchev–Trinajstić information content (AvgIpc) is 2.46. The molecular weight excluding hydrogens is 288 g/mol. The highest BCUT2D eigenvalue weighted by molar-refractivity contribution is 6.17. The molecule has 3 nitrogen and oxygen atoms in total. The summed E-state index contributed by atoms with van der Waals surface area (Å²) in [7, 11) is 1.46. The van der Waals surface area contributed by atoms with Gasteiger partial charge in [-0.15, -0.1) is 11.6 Å². The van der Waals surface area contributed by atoms with Crippen LogP contribution in [0.5, 0.6) is 11.6 Å². The maximum atomic E-state index is 13.7. The van der Waals surface area contributed by atoms with E-state index in [-0.39, 0.29) is 12.5 Å². The highest BCUT2D eigenvalue weighted by atomic mass is 35.5. The van der Waals surface area contributed by atoms with Crippen molar-refractivity contribution >= 4 is 11.6 Å². The number of rotatable bonds is 5. The first-order valence-electron chi connectivity index (χ1n) is 5.80. The number of alkyl halides is 1. The molecule has 1 aromatic heterocycles. The van der Waals surface area contributed by atoms with Crippen LogP contribution < -0.4 is 9.47 Å². The minimum atomic E-state index is -0.788. The molecule has 0 radical (unpaired) electrons. The second-order valence-electron chi connectivity index (χ2n) is 3.98. The predicted molar refractivity (Wildman–Crippen MR) is 71.0 cm³/mol. The second-order valence-corrected chi connectivity index (χ2v) is 4.25. The molecule has 0 unspecified atom stereocenters. The van der Waals surface area contributed by atoms with Gasteiger partial charge in [-0.25, -0.2) is 13.8 Å². The maximum Gasteiger partial charge on any atom is 0.219 e. The third kappa shape index (κ3) is 3.17. The van der Waals surface area contributed by atoms with E-state index in [2.05, 4.69) is 4.98 Å². The summed E-state index contributed by atoms with van der Waals surface area (Å²) < 4.78 is 37.6. The molecule has 1 aromatic carbocycles. The molecular formula is C14H12ClF2NO2. The molecule has 0 fully saturated rings. The average molecular weight is 300 g/mol. The Balaban J connectivity index is 2.19. The van der Waals surface area contributed by atoms with Gasteiger partial charge in [-0.1, -0.05) is 0 Å². The summed E-state index contributed by atoms with van der Waals surface area (Å²) in [5.74, 6) is -1.63. The number of hydrogen-bond donors (Lipinski definition) is 0. The normalized spacial score (nSPS) is 10.4. The molecule has 0 aliphatic heterocycles. The molecule has 106 valence electrons. The number of nitrogens with zero attached hydrogens (tertiary/aromatic N) is 1. The number of methoxy groups -OCH3 is 1. The lowest BCUT2D eigenvalue weighted by Gasteiger charge is -2.11. The van der Waals surface area contributed by atoms with Crippen LogP contribution in [0.25, 0.3) is 0 Å². The predicted octanol–water partition coefficient (Wildman–Crippen LogP) is 3.69. The van der Waals surface area contributed by atoms with Gasteiger partial charge in [-0.2, -0.15) is 0 Å². The number of benzene rings is 1. The molecule has 0 N–H and O–H groups in total.